The molecule has 0 amide bonds. The fourth-order valence-corrected chi connectivity index (χ4v) is 8.00. The number of anilines is 1. The summed E-state index contributed by atoms with van der Waals surface area (Å²) in [7, 11) is 5.65. The molecule has 0 aliphatic carbocycles. The van der Waals surface area contributed by atoms with Crippen molar-refractivity contribution in [1.82, 2.24) is 14.7 Å². The van der Waals surface area contributed by atoms with Gasteiger partial charge in [-0.15, -0.1) is 0 Å². The number of alkyl halides is 2. The summed E-state index contributed by atoms with van der Waals surface area (Å²) >= 11 is 10.2. The molecule has 2 aromatic carbocycles. The first-order chi connectivity index (χ1) is 17.3. The van der Waals surface area contributed by atoms with Crippen molar-refractivity contribution in [3.8, 4) is 0 Å². The molecule has 36 heavy (non-hydrogen) atoms. The van der Waals surface area contributed by atoms with E-state index in [1.54, 1.807) is 0 Å². The molecular weight excluding hydrogens is 682 g/mol. The van der Waals surface area contributed by atoms with Gasteiger partial charge in [-0.2, -0.15) is 0 Å². The Hall–Kier alpha value is 0.420. The van der Waals surface area contributed by atoms with Crippen molar-refractivity contribution in [1.29, 1.82) is 0 Å². The van der Waals surface area contributed by atoms with Crippen LogP contribution < -0.4 is 10.2 Å². The van der Waals surface area contributed by atoms with Crippen LogP contribution in [0.4, 0.5) is 5.69 Å². The zero-order valence-electron chi connectivity index (χ0n) is 21.1. The molecule has 0 radical (unpaired) electrons. The summed E-state index contributed by atoms with van der Waals surface area (Å²) in [5, 5.41) is 5.36. The normalized spacial score (nSPS) is 29.3. The average Bonchev–Trinajstić information content (AvgIpc) is 3.60. The molecule has 198 valence electrons. The van der Waals surface area contributed by atoms with Crippen molar-refractivity contribution in [2.45, 2.75) is 42.5 Å². The number of benzene rings is 2. The van der Waals surface area contributed by atoms with Gasteiger partial charge in [0, 0.05) is 71.0 Å². The molecule has 0 aromatic heterocycles. The Balaban J connectivity index is 0.000000142. The second-order valence-electron chi connectivity index (χ2n) is 10.7. The van der Waals surface area contributed by atoms with Crippen LogP contribution in [-0.2, 0) is 10.7 Å². The molecule has 0 spiro atoms. The summed E-state index contributed by atoms with van der Waals surface area (Å²) in [6.45, 7) is 9.77. The largest absolute Gasteiger partial charge is 0.367 e. The minimum atomic E-state index is 0.468. The van der Waals surface area contributed by atoms with Crippen LogP contribution >= 0.6 is 66.6 Å². The molecule has 6 rings (SSSR count). The monoisotopic (exact) mass is 718 g/mol. The maximum absolute atomic E-state index is 3.50. The Labute approximate surface area is 247 Å². The number of rotatable bonds is 3. The maximum Gasteiger partial charge on any atom is 0.0486 e. The van der Waals surface area contributed by atoms with Gasteiger partial charge < -0.3 is 10.2 Å². The minimum Gasteiger partial charge on any atom is -0.367 e. The SMILES string of the molecule is BrCc1ccc(Br)cc1.C[C@]12CCN(c3ccc(CBr)cc3)[C@H]1CN(P)C2.PN1C[C@H]2CCN[C@H]2C1. The van der Waals surface area contributed by atoms with E-state index in [0.29, 0.717) is 11.5 Å². The molecule has 0 saturated carbocycles. The van der Waals surface area contributed by atoms with Crippen molar-refractivity contribution in [3.05, 3.63) is 64.1 Å². The van der Waals surface area contributed by atoms with Crippen molar-refractivity contribution < 1.29 is 0 Å². The van der Waals surface area contributed by atoms with Gasteiger partial charge in [0.05, 0.1) is 0 Å². The zero-order chi connectivity index (χ0) is 25.7. The highest BCUT2D eigenvalue weighted by molar-refractivity contribution is 9.10. The fourth-order valence-electron chi connectivity index (χ4n) is 5.87. The van der Waals surface area contributed by atoms with Gasteiger partial charge in [-0.25, -0.2) is 0 Å². The van der Waals surface area contributed by atoms with Gasteiger partial charge in [0.2, 0.25) is 0 Å². The number of nitrogens with zero attached hydrogens (tertiary/aromatic N) is 3. The smallest absolute Gasteiger partial charge is 0.0486 e. The molecule has 4 aliphatic rings. The van der Waals surface area contributed by atoms with E-state index in [9.17, 15) is 0 Å². The molecule has 1 N–H and O–H groups in total. The van der Waals surface area contributed by atoms with Crippen molar-refractivity contribution in [2.75, 3.05) is 44.2 Å². The van der Waals surface area contributed by atoms with Crippen LogP contribution in [0.5, 0.6) is 0 Å². The molecule has 4 fully saturated rings. The zero-order valence-corrected chi connectivity index (χ0v) is 28.1. The van der Waals surface area contributed by atoms with Gasteiger partial charge in [-0.05, 0) is 60.7 Å². The van der Waals surface area contributed by atoms with E-state index >= 15 is 0 Å². The van der Waals surface area contributed by atoms with Crippen molar-refractivity contribution in [2.24, 2.45) is 11.3 Å². The first-order valence-electron chi connectivity index (χ1n) is 12.8. The average molecular weight is 721 g/mol. The number of fused-ring (bicyclic) bond motifs is 2. The van der Waals surface area contributed by atoms with Gasteiger partial charge >= 0.3 is 0 Å². The van der Waals surface area contributed by atoms with Crippen molar-refractivity contribution in [3.63, 3.8) is 0 Å². The third-order valence-electron chi connectivity index (χ3n) is 7.96. The summed E-state index contributed by atoms with van der Waals surface area (Å²) in [5.41, 5.74) is 4.50. The molecule has 6 atom stereocenters. The van der Waals surface area contributed by atoms with Crippen LogP contribution in [0, 0.1) is 11.3 Å². The molecule has 4 heterocycles. The van der Waals surface area contributed by atoms with E-state index in [0.717, 1.165) is 27.1 Å². The molecular formula is C27H39Br3N4P2. The molecule has 4 saturated heterocycles. The lowest BCUT2D eigenvalue weighted by Crippen LogP contribution is -2.37. The van der Waals surface area contributed by atoms with Crippen LogP contribution in [0.25, 0.3) is 0 Å². The summed E-state index contributed by atoms with van der Waals surface area (Å²) in [6, 6.07) is 18.7. The molecule has 4 nitrogen and oxygen atoms in total. The van der Waals surface area contributed by atoms with Crippen LogP contribution in [0.1, 0.15) is 30.9 Å². The topological polar surface area (TPSA) is 21.8 Å². The first kappa shape index (κ1) is 29.4. The highest BCUT2D eigenvalue weighted by Gasteiger charge is 2.49. The predicted molar refractivity (Wildman–Crippen MR) is 172 cm³/mol. The Morgan fingerprint density at radius 2 is 1.56 bits per heavy atom. The number of hydrogen-bond donors (Lipinski definition) is 1. The second-order valence-corrected chi connectivity index (χ2v) is 14.2. The Bertz CT molecular complexity index is 952. The van der Waals surface area contributed by atoms with E-state index in [1.165, 1.54) is 68.9 Å². The summed E-state index contributed by atoms with van der Waals surface area (Å²) in [6.07, 6.45) is 2.69. The predicted octanol–water partition coefficient (Wildman–Crippen LogP) is 6.69. The van der Waals surface area contributed by atoms with Crippen LogP contribution in [0.3, 0.4) is 0 Å². The lowest BCUT2D eigenvalue weighted by Gasteiger charge is -2.29. The van der Waals surface area contributed by atoms with E-state index in [4.69, 9.17) is 0 Å². The Morgan fingerprint density at radius 3 is 2.17 bits per heavy atom. The van der Waals surface area contributed by atoms with E-state index in [1.807, 2.05) is 12.1 Å². The molecule has 2 aromatic rings. The quantitative estimate of drug-likeness (QED) is 0.282. The molecule has 0 bridgehead atoms. The van der Waals surface area contributed by atoms with Gasteiger partial charge in [0.25, 0.3) is 0 Å². The lowest BCUT2D eigenvalue weighted by molar-refractivity contribution is 0.347. The van der Waals surface area contributed by atoms with Gasteiger partial charge in [0.1, 0.15) is 0 Å². The van der Waals surface area contributed by atoms with Gasteiger partial charge in [-0.3, -0.25) is 9.34 Å². The fraction of sp³-hybridized carbons (Fsp3) is 0.556. The van der Waals surface area contributed by atoms with E-state index in [-0.39, 0.29) is 0 Å². The highest BCUT2D eigenvalue weighted by atomic mass is 79.9. The summed E-state index contributed by atoms with van der Waals surface area (Å²) < 4.78 is 5.86. The molecule has 9 heteroatoms. The number of hydrogen-bond acceptors (Lipinski definition) is 4. The van der Waals surface area contributed by atoms with Crippen LogP contribution in [-0.4, -0.2) is 60.7 Å². The van der Waals surface area contributed by atoms with Crippen molar-refractivity contribution >= 4 is 72.3 Å². The maximum atomic E-state index is 3.50. The molecule has 2 unspecified atom stereocenters. The van der Waals surface area contributed by atoms with Crippen LogP contribution in [0.15, 0.2) is 53.0 Å². The van der Waals surface area contributed by atoms with Gasteiger partial charge in [0.15, 0.2) is 0 Å². The number of nitrogens with one attached hydrogen (secondary N) is 1. The Kier molecular flexibility index (Phi) is 11.2. The van der Waals surface area contributed by atoms with E-state index < -0.39 is 0 Å². The van der Waals surface area contributed by atoms with Crippen LogP contribution in [0.2, 0.25) is 0 Å². The first-order valence-corrected chi connectivity index (χ1v) is 16.8. The molecule has 4 aliphatic heterocycles. The van der Waals surface area contributed by atoms with Gasteiger partial charge in [-0.1, -0.05) is 97.8 Å². The standard InChI is InChI=1S/C14H20BrN2P.C7H6Br2.C6H13N2P/c1-14-6-7-17(13(14)9-16(18)10-14)12-4-2-11(8-15)3-5-12;8-5-6-1-3-7(9)4-2-6;9-8-3-5-1-2-7-6(5)4-8/h2-5,13H,6-10,18H2,1H3;1-4H,5H2;5-7H,1-4,9H2/t13-,14+;;5-,6+/m0.1/s1. The van der Waals surface area contributed by atoms with E-state index in [2.05, 4.69) is 129 Å². The lowest BCUT2D eigenvalue weighted by atomic mass is 9.85. The summed E-state index contributed by atoms with van der Waals surface area (Å²) in [4.78, 5) is 2.60. The second kappa shape index (κ2) is 13.7. The highest BCUT2D eigenvalue weighted by Crippen LogP contribution is 2.45. The minimum absolute atomic E-state index is 0.468. The Morgan fingerprint density at radius 1 is 0.917 bits per heavy atom. The third kappa shape index (κ3) is 7.54. The number of halogens is 3. The summed E-state index contributed by atoms with van der Waals surface area (Å²) in [5.74, 6) is 0.947. The third-order valence-corrected chi connectivity index (χ3v) is 10.6.